The van der Waals surface area contributed by atoms with Crippen LogP contribution in [0.2, 0.25) is 0 Å². The van der Waals surface area contributed by atoms with Gasteiger partial charge in [0.05, 0.1) is 33.4 Å². The summed E-state index contributed by atoms with van der Waals surface area (Å²) >= 11 is 0. The zero-order chi connectivity index (χ0) is 44.9. The maximum Gasteiger partial charge on any atom is 0.488 e. The second kappa shape index (κ2) is 15.8. The quantitative estimate of drug-likeness (QED) is 0.169. The molecule has 2 aromatic heterocycles. The van der Waals surface area contributed by atoms with Crippen molar-refractivity contribution in [2.45, 2.75) is 46.0 Å². The third-order valence-corrected chi connectivity index (χ3v) is 14.4. The summed E-state index contributed by atoms with van der Waals surface area (Å²) in [6.07, 6.45) is 0. The predicted molar refractivity (Wildman–Crippen MR) is 285 cm³/mol. The smallest absolute Gasteiger partial charge is 0.423 e. The molecule has 67 heavy (non-hydrogen) atoms. The first-order valence-corrected chi connectivity index (χ1v) is 22.8. The van der Waals surface area contributed by atoms with Crippen molar-refractivity contribution in [2.75, 3.05) is 4.90 Å². The SMILES string of the molecule is C.CC1(C)c2ccccc2-n2c3ccc(-c4ccc(N(c5ccccc5)c5ccccc5)cc4)cc3c3cccc1c32.CC1(C)c2ccccc2-n2c3ccc(B(O)O)cc3c3cccc1c32.[HH]. The molecule has 4 heterocycles. The van der Waals surface area contributed by atoms with Crippen LogP contribution in [-0.4, -0.2) is 26.3 Å². The molecule has 0 saturated heterocycles. The molecule has 0 radical (unpaired) electrons. The maximum atomic E-state index is 9.58. The molecule has 2 aliphatic rings. The number of aromatic nitrogens is 2. The Kier molecular flexibility index (Phi) is 9.89. The highest BCUT2D eigenvalue weighted by atomic mass is 16.4. The minimum absolute atomic E-state index is 0. The van der Waals surface area contributed by atoms with Crippen LogP contribution in [0.3, 0.4) is 0 Å². The highest BCUT2D eigenvalue weighted by molar-refractivity contribution is 6.59. The summed E-state index contributed by atoms with van der Waals surface area (Å²) in [6.45, 7) is 9.24. The lowest BCUT2D eigenvalue weighted by molar-refractivity contribution is 0.426. The van der Waals surface area contributed by atoms with E-state index in [-0.39, 0.29) is 19.7 Å². The summed E-state index contributed by atoms with van der Waals surface area (Å²) in [5.41, 5.74) is 19.0. The van der Waals surface area contributed by atoms with E-state index in [9.17, 15) is 10.0 Å². The summed E-state index contributed by atoms with van der Waals surface area (Å²) in [6, 6.07) is 73.3. The van der Waals surface area contributed by atoms with Crippen LogP contribution in [-0.2, 0) is 10.8 Å². The fourth-order valence-electron chi connectivity index (χ4n) is 11.1. The lowest BCUT2D eigenvalue weighted by Crippen LogP contribution is -2.29. The average Bonchev–Trinajstić information content (AvgIpc) is 3.87. The predicted octanol–water partition coefficient (Wildman–Crippen LogP) is 14.5. The average molecular weight is 872 g/mol. The summed E-state index contributed by atoms with van der Waals surface area (Å²) in [5, 5.41) is 24.0. The van der Waals surface area contributed by atoms with Gasteiger partial charge in [-0.25, -0.2) is 0 Å². The minimum Gasteiger partial charge on any atom is -0.423 e. The molecule has 2 N–H and O–H groups in total. The molecular formula is C61H54BN3O2. The fourth-order valence-corrected chi connectivity index (χ4v) is 11.1. The van der Waals surface area contributed by atoms with Gasteiger partial charge in [0, 0.05) is 50.9 Å². The van der Waals surface area contributed by atoms with Crippen LogP contribution in [0.15, 0.2) is 206 Å². The van der Waals surface area contributed by atoms with Crippen LogP contribution in [0, 0.1) is 0 Å². The molecule has 0 atom stereocenters. The Morgan fingerprint density at radius 2 is 0.821 bits per heavy atom. The standard InChI is InChI=1S/C39H30N2.C21H18BNO2.CH4.H2/c1-39(2)34-17-9-10-19-37(34)41-36-25-22-28(26-33(36)32-16-11-18-35(39)38(32)41)27-20-23-31(24-21-27)40(29-12-5-3-6-13-29)30-14-7-4-8-15-30;1-21(2)16-7-3-4-9-19(16)23-18-11-10-13(22(24)25)12-15(18)14-6-5-8-17(21)20(14)23;;/h3-26H,1-2H3;3-12,24-25H,1-2H3;1H4;1H. The first-order chi connectivity index (χ1) is 32.1. The molecule has 13 rings (SSSR count). The molecule has 0 spiro atoms. The Labute approximate surface area is 394 Å². The van der Waals surface area contributed by atoms with Crippen LogP contribution < -0.4 is 10.4 Å². The van der Waals surface area contributed by atoms with E-state index in [2.05, 4.69) is 230 Å². The lowest BCUT2D eigenvalue weighted by atomic mass is 9.75. The van der Waals surface area contributed by atoms with E-state index in [0.717, 1.165) is 33.4 Å². The van der Waals surface area contributed by atoms with Gasteiger partial charge in [0.15, 0.2) is 0 Å². The molecule has 0 aliphatic carbocycles. The number of rotatable bonds is 5. The van der Waals surface area contributed by atoms with Crippen molar-refractivity contribution in [1.29, 1.82) is 0 Å². The molecule has 0 saturated carbocycles. The second-order valence-corrected chi connectivity index (χ2v) is 18.8. The summed E-state index contributed by atoms with van der Waals surface area (Å²) in [5.74, 6) is 0. The van der Waals surface area contributed by atoms with Gasteiger partial charge in [0.2, 0.25) is 0 Å². The number of hydrogen-bond acceptors (Lipinski definition) is 3. The van der Waals surface area contributed by atoms with Gasteiger partial charge in [0.25, 0.3) is 0 Å². The van der Waals surface area contributed by atoms with E-state index >= 15 is 0 Å². The number of fused-ring (bicyclic) bond motifs is 10. The number of nitrogens with zero attached hydrogens (tertiary/aromatic N) is 3. The van der Waals surface area contributed by atoms with Crippen molar-refractivity contribution in [2.24, 2.45) is 0 Å². The third kappa shape index (κ3) is 6.39. The maximum absolute atomic E-state index is 9.58. The molecular weight excluding hydrogens is 818 g/mol. The first kappa shape index (κ1) is 42.0. The van der Waals surface area contributed by atoms with Gasteiger partial charge in [-0.1, -0.05) is 175 Å². The third-order valence-electron chi connectivity index (χ3n) is 14.4. The number of benzene rings is 9. The van der Waals surface area contributed by atoms with E-state index in [4.69, 9.17) is 0 Å². The monoisotopic (exact) mass is 871 g/mol. The molecule has 11 aromatic rings. The molecule has 2 aliphatic heterocycles. The highest BCUT2D eigenvalue weighted by Crippen LogP contribution is 2.49. The minimum atomic E-state index is -1.46. The summed E-state index contributed by atoms with van der Waals surface area (Å²) in [4.78, 5) is 2.30. The molecule has 6 heteroatoms. The van der Waals surface area contributed by atoms with Gasteiger partial charge in [-0.2, -0.15) is 0 Å². The molecule has 0 fully saturated rings. The number of hydrogen-bond donors (Lipinski definition) is 2. The zero-order valence-corrected chi connectivity index (χ0v) is 37.4. The van der Waals surface area contributed by atoms with Gasteiger partial charge in [0.1, 0.15) is 0 Å². The van der Waals surface area contributed by atoms with Crippen LogP contribution in [0.4, 0.5) is 17.1 Å². The van der Waals surface area contributed by atoms with Gasteiger partial charge in [-0.15, -0.1) is 0 Å². The van der Waals surface area contributed by atoms with Crippen LogP contribution in [0.25, 0.3) is 66.1 Å². The van der Waals surface area contributed by atoms with Gasteiger partial charge in [-0.05, 0) is 106 Å². The zero-order valence-electron chi connectivity index (χ0n) is 37.4. The first-order valence-electron chi connectivity index (χ1n) is 22.8. The Morgan fingerprint density at radius 3 is 1.33 bits per heavy atom. The summed E-state index contributed by atoms with van der Waals surface area (Å²) < 4.78 is 4.79. The molecule has 328 valence electrons. The van der Waals surface area contributed by atoms with E-state index in [0.29, 0.717) is 5.46 Å². The van der Waals surface area contributed by atoms with Gasteiger partial charge < -0.3 is 24.1 Å². The van der Waals surface area contributed by atoms with Gasteiger partial charge in [-0.3, -0.25) is 0 Å². The van der Waals surface area contributed by atoms with Gasteiger partial charge >= 0.3 is 7.12 Å². The van der Waals surface area contributed by atoms with Crippen molar-refractivity contribution < 1.29 is 11.5 Å². The Bertz CT molecular complexity index is 3650. The van der Waals surface area contributed by atoms with E-state index < -0.39 is 7.12 Å². The fraction of sp³-hybridized carbons (Fsp3) is 0.115. The molecule has 0 bridgehead atoms. The van der Waals surface area contributed by atoms with Crippen molar-refractivity contribution >= 4 is 73.3 Å². The Hall–Kier alpha value is -7.64. The van der Waals surface area contributed by atoms with Crippen LogP contribution in [0.1, 0.15) is 58.8 Å². The molecule has 9 aromatic carbocycles. The van der Waals surface area contributed by atoms with E-state index in [1.165, 1.54) is 72.1 Å². The largest absolute Gasteiger partial charge is 0.488 e. The van der Waals surface area contributed by atoms with Crippen LogP contribution in [0.5, 0.6) is 0 Å². The molecule has 5 nitrogen and oxygen atoms in total. The number of anilines is 3. The normalized spacial score (nSPS) is 13.6. The van der Waals surface area contributed by atoms with Crippen molar-refractivity contribution in [3.63, 3.8) is 0 Å². The van der Waals surface area contributed by atoms with E-state index in [1.807, 2.05) is 12.1 Å². The van der Waals surface area contributed by atoms with Crippen LogP contribution >= 0.6 is 0 Å². The molecule has 0 unspecified atom stereocenters. The molecule has 0 amide bonds. The number of para-hydroxylation sites is 6. The topological polar surface area (TPSA) is 53.6 Å². The lowest BCUT2D eigenvalue weighted by Gasteiger charge is -2.34. The Balaban J connectivity index is 0.000000172. The summed E-state index contributed by atoms with van der Waals surface area (Å²) in [7, 11) is -1.46. The Morgan fingerprint density at radius 1 is 0.403 bits per heavy atom. The van der Waals surface area contributed by atoms with E-state index in [1.54, 1.807) is 6.07 Å². The second-order valence-electron chi connectivity index (χ2n) is 18.8. The highest BCUT2D eigenvalue weighted by Gasteiger charge is 2.36. The van der Waals surface area contributed by atoms with Crippen molar-refractivity contribution in [1.82, 2.24) is 9.13 Å². The van der Waals surface area contributed by atoms with Crippen molar-refractivity contribution in [3.05, 3.63) is 229 Å². The van der Waals surface area contributed by atoms with Crippen molar-refractivity contribution in [3.8, 4) is 22.5 Å².